The van der Waals surface area contributed by atoms with Gasteiger partial charge in [-0.05, 0) is 24.3 Å². The van der Waals surface area contributed by atoms with Crippen LogP contribution in [0.3, 0.4) is 0 Å². The van der Waals surface area contributed by atoms with Crippen LogP contribution in [0.1, 0.15) is 5.69 Å². The number of aryl methyl sites for hydroxylation is 1. The molecule has 5 heteroatoms. The molecule has 0 radical (unpaired) electrons. The van der Waals surface area contributed by atoms with Crippen molar-refractivity contribution in [1.82, 2.24) is 9.78 Å². The fraction of sp³-hybridized carbons (Fsp3) is 0.250. The van der Waals surface area contributed by atoms with Crippen LogP contribution in [0.5, 0.6) is 0 Å². The molecule has 0 atom stereocenters. The summed E-state index contributed by atoms with van der Waals surface area (Å²) in [6, 6.07) is 7.39. The van der Waals surface area contributed by atoms with Crippen molar-refractivity contribution < 1.29 is 0 Å². The lowest BCUT2D eigenvalue weighted by atomic mass is 10.2. The Hall–Kier alpha value is -1.19. The summed E-state index contributed by atoms with van der Waals surface area (Å²) in [7, 11) is 1.93. The smallest absolute Gasteiger partial charge is 0.0638 e. The van der Waals surface area contributed by atoms with Crippen molar-refractivity contribution in [3.05, 3.63) is 46.2 Å². The van der Waals surface area contributed by atoms with E-state index in [-0.39, 0.29) is 0 Å². The molecule has 0 unspecified atom stereocenters. The zero-order valence-electron chi connectivity index (χ0n) is 9.45. The Balaban J connectivity index is 1.94. The van der Waals surface area contributed by atoms with E-state index in [1.54, 1.807) is 18.3 Å². The maximum atomic E-state index is 6.05. The summed E-state index contributed by atoms with van der Waals surface area (Å²) in [4.78, 5) is 0. The SMILES string of the molecule is Cn1nccc1CCNc1cc(Cl)ccc1Cl. The number of nitrogens with one attached hydrogen (secondary N) is 1. The van der Waals surface area contributed by atoms with E-state index in [1.165, 1.54) is 5.69 Å². The molecular weight excluding hydrogens is 257 g/mol. The molecule has 0 bridgehead atoms. The van der Waals surface area contributed by atoms with Gasteiger partial charge in [-0.15, -0.1) is 0 Å². The van der Waals surface area contributed by atoms with Gasteiger partial charge in [-0.3, -0.25) is 4.68 Å². The first kappa shape index (κ1) is 12.3. The lowest BCUT2D eigenvalue weighted by molar-refractivity contribution is 0.711. The van der Waals surface area contributed by atoms with Gasteiger partial charge in [-0.2, -0.15) is 5.10 Å². The number of hydrogen-bond donors (Lipinski definition) is 1. The third kappa shape index (κ3) is 3.14. The fourth-order valence-electron chi connectivity index (χ4n) is 1.60. The molecule has 0 saturated carbocycles. The van der Waals surface area contributed by atoms with Gasteiger partial charge in [0.25, 0.3) is 0 Å². The molecule has 0 aliphatic carbocycles. The van der Waals surface area contributed by atoms with Crippen molar-refractivity contribution in [2.24, 2.45) is 7.05 Å². The lowest BCUT2D eigenvalue weighted by Gasteiger charge is -2.08. The first-order valence-electron chi connectivity index (χ1n) is 5.32. The third-order valence-electron chi connectivity index (χ3n) is 2.55. The number of rotatable bonds is 4. The molecule has 0 fully saturated rings. The zero-order chi connectivity index (χ0) is 12.3. The van der Waals surface area contributed by atoms with Crippen molar-refractivity contribution >= 4 is 28.9 Å². The van der Waals surface area contributed by atoms with Crippen LogP contribution in [0.25, 0.3) is 0 Å². The quantitative estimate of drug-likeness (QED) is 0.923. The first-order chi connectivity index (χ1) is 8.16. The molecule has 1 aromatic carbocycles. The molecule has 0 saturated heterocycles. The van der Waals surface area contributed by atoms with Crippen molar-refractivity contribution in [2.75, 3.05) is 11.9 Å². The van der Waals surface area contributed by atoms with Crippen molar-refractivity contribution in [1.29, 1.82) is 0 Å². The average Bonchev–Trinajstić information content (AvgIpc) is 2.70. The van der Waals surface area contributed by atoms with Crippen LogP contribution in [0.15, 0.2) is 30.5 Å². The van der Waals surface area contributed by atoms with Gasteiger partial charge < -0.3 is 5.32 Å². The number of halogens is 2. The van der Waals surface area contributed by atoms with E-state index < -0.39 is 0 Å². The van der Waals surface area contributed by atoms with Gasteiger partial charge in [0, 0.05) is 36.9 Å². The predicted molar refractivity (Wildman–Crippen MR) is 71.9 cm³/mol. The van der Waals surface area contributed by atoms with Gasteiger partial charge in [-0.25, -0.2) is 0 Å². The van der Waals surface area contributed by atoms with E-state index >= 15 is 0 Å². The zero-order valence-corrected chi connectivity index (χ0v) is 11.0. The van der Waals surface area contributed by atoms with E-state index in [4.69, 9.17) is 23.2 Å². The predicted octanol–water partition coefficient (Wildman–Crippen LogP) is 3.38. The van der Waals surface area contributed by atoms with Crippen molar-refractivity contribution in [3.8, 4) is 0 Å². The summed E-state index contributed by atoms with van der Waals surface area (Å²) >= 11 is 12.0. The minimum absolute atomic E-state index is 0.678. The molecule has 90 valence electrons. The highest BCUT2D eigenvalue weighted by molar-refractivity contribution is 6.35. The van der Waals surface area contributed by atoms with Gasteiger partial charge in [0.15, 0.2) is 0 Å². The molecule has 1 heterocycles. The largest absolute Gasteiger partial charge is 0.383 e. The molecule has 2 aromatic rings. The topological polar surface area (TPSA) is 29.9 Å². The highest BCUT2D eigenvalue weighted by Gasteiger charge is 2.02. The van der Waals surface area contributed by atoms with E-state index in [2.05, 4.69) is 10.4 Å². The van der Waals surface area contributed by atoms with Gasteiger partial charge in [0.05, 0.1) is 10.7 Å². The second kappa shape index (κ2) is 5.43. The Morgan fingerprint density at radius 2 is 2.12 bits per heavy atom. The number of aromatic nitrogens is 2. The molecule has 3 nitrogen and oxygen atoms in total. The Kier molecular flexibility index (Phi) is 3.92. The van der Waals surface area contributed by atoms with Crippen LogP contribution >= 0.6 is 23.2 Å². The first-order valence-corrected chi connectivity index (χ1v) is 6.08. The molecule has 1 aromatic heterocycles. The second-order valence-corrected chi connectivity index (χ2v) is 4.59. The van der Waals surface area contributed by atoms with Crippen LogP contribution in [0.4, 0.5) is 5.69 Å². The molecule has 0 spiro atoms. The number of anilines is 1. The van der Waals surface area contributed by atoms with Crippen LogP contribution in [0.2, 0.25) is 10.0 Å². The minimum Gasteiger partial charge on any atom is -0.383 e. The third-order valence-corrected chi connectivity index (χ3v) is 3.11. The highest BCUT2D eigenvalue weighted by atomic mass is 35.5. The summed E-state index contributed by atoms with van der Waals surface area (Å²) in [5.41, 5.74) is 2.04. The monoisotopic (exact) mass is 269 g/mol. The molecule has 17 heavy (non-hydrogen) atoms. The molecule has 0 amide bonds. The Morgan fingerprint density at radius 3 is 2.82 bits per heavy atom. The summed E-state index contributed by atoms with van der Waals surface area (Å²) in [5, 5.41) is 8.74. The Morgan fingerprint density at radius 1 is 1.29 bits per heavy atom. The lowest BCUT2D eigenvalue weighted by Crippen LogP contribution is -2.08. The van der Waals surface area contributed by atoms with E-state index in [9.17, 15) is 0 Å². The molecule has 2 rings (SSSR count). The van der Waals surface area contributed by atoms with E-state index in [1.807, 2.05) is 23.9 Å². The Bertz CT molecular complexity index is 508. The van der Waals surface area contributed by atoms with Gasteiger partial charge in [-0.1, -0.05) is 23.2 Å². The average molecular weight is 270 g/mol. The van der Waals surface area contributed by atoms with E-state index in [0.717, 1.165) is 18.7 Å². The normalized spacial score (nSPS) is 10.5. The molecular formula is C12H13Cl2N3. The molecule has 1 N–H and O–H groups in total. The van der Waals surface area contributed by atoms with Crippen molar-refractivity contribution in [3.63, 3.8) is 0 Å². The summed E-state index contributed by atoms with van der Waals surface area (Å²) < 4.78 is 1.86. The number of hydrogen-bond acceptors (Lipinski definition) is 2. The number of benzene rings is 1. The summed E-state index contributed by atoms with van der Waals surface area (Å²) in [6.07, 6.45) is 2.68. The minimum atomic E-state index is 0.678. The standard InChI is InChI=1S/C12H13Cl2N3/c1-17-10(5-7-16-17)4-6-15-12-8-9(13)2-3-11(12)14/h2-3,5,7-8,15H,4,6H2,1H3. The van der Waals surface area contributed by atoms with E-state index in [0.29, 0.717) is 10.0 Å². The van der Waals surface area contributed by atoms with Crippen molar-refractivity contribution in [2.45, 2.75) is 6.42 Å². The summed E-state index contributed by atoms with van der Waals surface area (Å²) in [6.45, 7) is 0.791. The fourth-order valence-corrected chi connectivity index (χ4v) is 1.96. The van der Waals surface area contributed by atoms with Crippen LogP contribution in [0, 0.1) is 0 Å². The van der Waals surface area contributed by atoms with Gasteiger partial charge in [0.2, 0.25) is 0 Å². The van der Waals surface area contributed by atoms with Crippen LogP contribution in [-0.2, 0) is 13.5 Å². The second-order valence-electron chi connectivity index (χ2n) is 3.75. The van der Waals surface area contributed by atoms with Gasteiger partial charge in [0.1, 0.15) is 0 Å². The Labute approximate surface area is 110 Å². The van der Waals surface area contributed by atoms with Crippen LogP contribution in [-0.4, -0.2) is 16.3 Å². The highest BCUT2D eigenvalue weighted by Crippen LogP contribution is 2.25. The number of nitrogens with zero attached hydrogens (tertiary/aromatic N) is 2. The van der Waals surface area contributed by atoms with Gasteiger partial charge >= 0.3 is 0 Å². The van der Waals surface area contributed by atoms with Crippen LogP contribution < -0.4 is 5.32 Å². The molecule has 0 aliphatic rings. The molecule has 0 aliphatic heterocycles. The maximum absolute atomic E-state index is 6.05. The summed E-state index contributed by atoms with van der Waals surface area (Å²) in [5.74, 6) is 0. The maximum Gasteiger partial charge on any atom is 0.0638 e.